The van der Waals surface area contributed by atoms with Crippen molar-refractivity contribution >= 4 is 10.0 Å². The van der Waals surface area contributed by atoms with Crippen LogP contribution in [0.15, 0.2) is 35.6 Å². The average Bonchev–Trinajstić information content (AvgIpc) is 3.41. The average molecular weight is 415 g/mol. The number of hydrogen-bond acceptors (Lipinski definition) is 5. The molecule has 0 bridgehead atoms. The Bertz CT molecular complexity index is 1130. The molecule has 3 aromatic heterocycles. The first-order valence-electron chi connectivity index (χ1n) is 9.77. The summed E-state index contributed by atoms with van der Waals surface area (Å²) < 4.78 is 29.3. The Labute approximate surface area is 171 Å². The van der Waals surface area contributed by atoms with Crippen LogP contribution in [-0.2, 0) is 17.1 Å². The van der Waals surface area contributed by atoms with Crippen LogP contribution in [0, 0.1) is 6.92 Å². The van der Waals surface area contributed by atoms with E-state index in [2.05, 4.69) is 21.4 Å². The standard InChI is InChI=1S/C20H26N6O2S/c1-13(2)18-9-20(24-23-18)29(27,28)26-6-5-15(12-26)19-8-16(7-14(3)22-19)17-10-21-25(4)11-17/h7-11,13,15H,5-6,12H2,1-4H3,(H,23,24). The molecular weight excluding hydrogens is 388 g/mol. The fraction of sp³-hybridized carbons (Fsp3) is 0.450. The zero-order valence-corrected chi connectivity index (χ0v) is 17.9. The molecule has 0 amide bonds. The second-order valence-corrected chi connectivity index (χ2v) is 9.87. The van der Waals surface area contributed by atoms with Crippen molar-refractivity contribution in [1.29, 1.82) is 0 Å². The maximum atomic E-state index is 13.0. The van der Waals surface area contributed by atoms with E-state index in [9.17, 15) is 8.42 Å². The van der Waals surface area contributed by atoms with Crippen molar-refractivity contribution in [2.24, 2.45) is 7.05 Å². The van der Waals surface area contributed by atoms with Crippen LogP contribution in [-0.4, -0.2) is 50.8 Å². The second kappa shape index (κ2) is 7.38. The first kappa shape index (κ1) is 19.8. The van der Waals surface area contributed by atoms with Gasteiger partial charge >= 0.3 is 0 Å². The maximum Gasteiger partial charge on any atom is 0.262 e. The number of aromatic nitrogens is 5. The fourth-order valence-corrected chi connectivity index (χ4v) is 5.13. The summed E-state index contributed by atoms with van der Waals surface area (Å²) >= 11 is 0. The summed E-state index contributed by atoms with van der Waals surface area (Å²) in [6.07, 6.45) is 4.53. The minimum atomic E-state index is -3.61. The van der Waals surface area contributed by atoms with Crippen LogP contribution < -0.4 is 0 Å². The SMILES string of the molecule is Cc1cc(-c2cnn(C)c2)cc(C2CCN(S(=O)(=O)c3cc(C(C)C)[nH]n3)C2)n1. The van der Waals surface area contributed by atoms with Gasteiger partial charge in [-0.15, -0.1) is 0 Å². The summed E-state index contributed by atoms with van der Waals surface area (Å²) in [6.45, 7) is 6.84. The normalized spacial score (nSPS) is 18.0. The van der Waals surface area contributed by atoms with E-state index in [1.807, 2.05) is 46.3 Å². The summed E-state index contributed by atoms with van der Waals surface area (Å²) in [5.74, 6) is 0.253. The quantitative estimate of drug-likeness (QED) is 0.692. The number of H-pyrrole nitrogens is 1. The first-order valence-corrected chi connectivity index (χ1v) is 11.2. The van der Waals surface area contributed by atoms with E-state index >= 15 is 0 Å². The Morgan fingerprint density at radius 3 is 2.66 bits per heavy atom. The third-order valence-electron chi connectivity index (χ3n) is 5.38. The van der Waals surface area contributed by atoms with E-state index in [0.29, 0.717) is 13.1 Å². The highest BCUT2D eigenvalue weighted by Gasteiger charge is 2.35. The fourth-order valence-electron chi connectivity index (χ4n) is 3.71. The van der Waals surface area contributed by atoms with Crippen LogP contribution in [0.25, 0.3) is 11.1 Å². The molecule has 0 aromatic carbocycles. The summed E-state index contributed by atoms with van der Waals surface area (Å²) in [5.41, 5.74) is 4.74. The molecule has 4 heterocycles. The van der Waals surface area contributed by atoms with E-state index in [4.69, 9.17) is 4.98 Å². The highest BCUT2D eigenvalue weighted by atomic mass is 32.2. The number of nitrogens with zero attached hydrogens (tertiary/aromatic N) is 5. The monoisotopic (exact) mass is 414 g/mol. The zero-order chi connectivity index (χ0) is 20.8. The minimum Gasteiger partial charge on any atom is -0.281 e. The van der Waals surface area contributed by atoms with Crippen LogP contribution >= 0.6 is 0 Å². The Balaban J connectivity index is 1.57. The van der Waals surface area contributed by atoms with Crippen molar-refractivity contribution in [2.75, 3.05) is 13.1 Å². The van der Waals surface area contributed by atoms with Crippen molar-refractivity contribution < 1.29 is 8.42 Å². The molecule has 0 saturated carbocycles. The van der Waals surface area contributed by atoms with Gasteiger partial charge in [0.2, 0.25) is 0 Å². The van der Waals surface area contributed by atoms with Crippen LogP contribution in [0.2, 0.25) is 0 Å². The van der Waals surface area contributed by atoms with Gasteiger partial charge in [0.15, 0.2) is 5.03 Å². The van der Waals surface area contributed by atoms with Crippen molar-refractivity contribution in [3.8, 4) is 11.1 Å². The molecule has 1 unspecified atom stereocenters. The minimum absolute atomic E-state index is 0.0589. The van der Waals surface area contributed by atoms with E-state index in [0.717, 1.165) is 34.6 Å². The Hall–Kier alpha value is -2.52. The number of sulfonamides is 1. The van der Waals surface area contributed by atoms with E-state index in [-0.39, 0.29) is 16.9 Å². The van der Waals surface area contributed by atoms with Gasteiger partial charge in [-0.25, -0.2) is 8.42 Å². The molecule has 1 N–H and O–H groups in total. The van der Waals surface area contributed by atoms with E-state index < -0.39 is 10.0 Å². The molecule has 8 nitrogen and oxygen atoms in total. The predicted molar refractivity (Wildman–Crippen MR) is 110 cm³/mol. The first-order chi connectivity index (χ1) is 13.7. The number of aryl methyl sites for hydroxylation is 2. The van der Waals surface area contributed by atoms with Gasteiger partial charge in [0.05, 0.1) is 6.20 Å². The highest BCUT2D eigenvalue weighted by molar-refractivity contribution is 7.89. The second-order valence-electron chi connectivity index (χ2n) is 7.99. The molecular formula is C20H26N6O2S. The topological polar surface area (TPSA) is 96.8 Å². The van der Waals surface area contributed by atoms with Crippen LogP contribution in [0.5, 0.6) is 0 Å². The summed E-state index contributed by atoms with van der Waals surface area (Å²) in [6, 6.07) is 5.72. The largest absolute Gasteiger partial charge is 0.281 e. The van der Waals surface area contributed by atoms with E-state index in [1.165, 1.54) is 4.31 Å². The van der Waals surface area contributed by atoms with E-state index in [1.54, 1.807) is 10.7 Å². The van der Waals surface area contributed by atoms with Gasteiger partial charge in [0, 0.05) is 54.9 Å². The Morgan fingerprint density at radius 1 is 1.21 bits per heavy atom. The molecule has 0 aliphatic carbocycles. The lowest BCUT2D eigenvalue weighted by molar-refractivity contribution is 0.469. The van der Waals surface area contributed by atoms with Crippen molar-refractivity contribution in [3.05, 3.63) is 47.7 Å². The van der Waals surface area contributed by atoms with Gasteiger partial charge in [-0.05, 0) is 43.0 Å². The molecule has 1 aliphatic heterocycles. The molecule has 1 atom stereocenters. The number of pyridine rings is 1. The third kappa shape index (κ3) is 3.84. The van der Waals surface area contributed by atoms with Crippen LogP contribution in [0.3, 0.4) is 0 Å². The molecule has 4 rings (SSSR count). The Morgan fingerprint density at radius 2 is 2.00 bits per heavy atom. The summed E-state index contributed by atoms with van der Waals surface area (Å²) in [5, 5.41) is 11.2. The number of rotatable bonds is 5. The smallest absolute Gasteiger partial charge is 0.262 e. The van der Waals surface area contributed by atoms with Gasteiger partial charge < -0.3 is 0 Å². The number of hydrogen-bond donors (Lipinski definition) is 1. The van der Waals surface area contributed by atoms with Gasteiger partial charge in [0.25, 0.3) is 10.0 Å². The third-order valence-corrected chi connectivity index (χ3v) is 7.13. The lowest BCUT2D eigenvalue weighted by Crippen LogP contribution is -2.29. The molecule has 29 heavy (non-hydrogen) atoms. The molecule has 0 spiro atoms. The molecule has 3 aromatic rings. The molecule has 154 valence electrons. The van der Waals surface area contributed by atoms with Gasteiger partial charge in [-0.3, -0.25) is 14.8 Å². The molecule has 1 fully saturated rings. The number of nitrogens with one attached hydrogen (secondary N) is 1. The maximum absolute atomic E-state index is 13.0. The Kier molecular flexibility index (Phi) is 5.04. The predicted octanol–water partition coefficient (Wildman–Crippen LogP) is 2.82. The van der Waals surface area contributed by atoms with Crippen molar-refractivity contribution in [2.45, 2.75) is 44.1 Å². The van der Waals surface area contributed by atoms with Crippen LogP contribution in [0.1, 0.15) is 49.2 Å². The summed E-state index contributed by atoms with van der Waals surface area (Å²) in [7, 11) is -1.72. The molecule has 1 saturated heterocycles. The number of aromatic amines is 1. The summed E-state index contributed by atoms with van der Waals surface area (Å²) in [4.78, 5) is 4.69. The highest BCUT2D eigenvalue weighted by Crippen LogP contribution is 2.32. The van der Waals surface area contributed by atoms with Gasteiger partial charge in [0.1, 0.15) is 0 Å². The lowest BCUT2D eigenvalue weighted by Gasteiger charge is -2.15. The molecule has 0 radical (unpaired) electrons. The molecule has 1 aliphatic rings. The molecule has 9 heteroatoms. The zero-order valence-electron chi connectivity index (χ0n) is 17.1. The van der Waals surface area contributed by atoms with Crippen molar-refractivity contribution in [1.82, 2.24) is 29.3 Å². The van der Waals surface area contributed by atoms with Gasteiger partial charge in [-0.1, -0.05) is 13.8 Å². The van der Waals surface area contributed by atoms with Crippen molar-refractivity contribution in [3.63, 3.8) is 0 Å². The van der Waals surface area contributed by atoms with Crippen LogP contribution in [0.4, 0.5) is 0 Å². The lowest BCUT2D eigenvalue weighted by atomic mass is 10.00. The van der Waals surface area contributed by atoms with Gasteiger partial charge in [-0.2, -0.15) is 14.5 Å².